The number of aliphatic hydroxyl groups excluding tert-OH is 1. The number of hydrogen-bond acceptors (Lipinski definition) is 7. The highest BCUT2D eigenvalue weighted by atomic mass is 32.1. The second-order valence-corrected chi connectivity index (χ2v) is 9.61. The van der Waals surface area contributed by atoms with Crippen LogP contribution in [0.5, 0.6) is 5.75 Å². The van der Waals surface area contributed by atoms with E-state index in [-0.39, 0.29) is 17.5 Å². The van der Waals surface area contributed by atoms with E-state index < -0.39 is 17.7 Å². The van der Waals surface area contributed by atoms with Gasteiger partial charge in [-0.3, -0.25) is 9.59 Å². The highest BCUT2D eigenvalue weighted by Gasteiger charge is 2.44. The van der Waals surface area contributed by atoms with Crippen molar-refractivity contribution in [2.24, 2.45) is 0 Å². The van der Waals surface area contributed by atoms with Gasteiger partial charge in [0, 0.05) is 13.1 Å². The monoisotopic (exact) mass is 471 g/mol. The van der Waals surface area contributed by atoms with Crippen LogP contribution >= 0.6 is 11.3 Å². The number of rotatable bonds is 10. The van der Waals surface area contributed by atoms with Crippen molar-refractivity contribution in [1.29, 1.82) is 0 Å². The van der Waals surface area contributed by atoms with Gasteiger partial charge in [-0.1, -0.05) is 26.0 Å². The van der Waals surface area contributed by atoms with Crippen LogP contribution in [0.2, 0.25) is 0 Å². The maximum atomic E-state index is 13.6. The fourth-order valence-electron chi connectivity index (χ4n) is 4.15. The molecule has 0 spiro atoms. The fraction of sp³-hybridized carbons (Fsp3) is 0.480. The van der Waals surface area contributed by atoms with Gasteiger partial charge in [0.25, 0.3) is 5.91 Å². The Hall–Kier alpha value is -2.71. The van der Waals surface area contributed by atoms with E-state index in [1.165, 1.54) is 11.3 Å². The predicted molar refractivity (Wildman–Crippen MR) is 130 cm³/mol. The van der Waals surface area contributed by atoms with Gasteiger partial charge >= 0.3 is 0 Å². The van der Waals surface area contributed by atoms with Gasteiger partial charge in [0.1, 0.15) is 5.75 Å². The van der Waals surface area contributed by atoms with Gasteiger partial charge in [0.05, 0.1) is 33.3 Å². The summed E-state index contributed by atoms with van der Waals surface area (Å²) in [5.41, 5.74) is 1.44. The number of thiazole rings is 1. The van der Waals surface area contributed by atoms with Crippen LogP contribution in [0.4, 0.5) is 0 Å². The Labute approximate surface area is 199 Å². The number of hydrogen-bond donors (Lipinski definition) is 1. The van der Waals surface area contributed by atoms with Crippen molar-refractivity contribution < 1.29 is 19.4 Å². The van der Waals surface area contributed by atoms with Crippen molar-refractivity contribution in [2.45, 2.75) is 53.7 Å². The van der Waals surface area contributed by atoms with Crippen molar-refractivity contribution in [3.05, 3.63) is 56.7 Å². The number of amides is 1. The molecule has 2 heterocycles. The summed E-state index contributed by atoms with van der Waals surface area (Å²) >= 11 is 1.28. The lowest BCUT2D eigenvalue weighted by molar-refractivity contribution is -0.129. The Bertz CT molecular complexity index is 1060. The molecule has 0 saturated carbocycles. The summed E-state index contributed by atoms with van der Waals surface area (Å²) < 4.78 is 5.86. The number of aromatic nitrogens is 1. The summed E-state index contributed by atoms with van der Waals surface area (Å²) in [5, 5.41) is 11.7. The molecule has 1 atom stereocenters. The minimum atomic E-state index is -0.696. The molecule has 1 N–H and O–H groups in total. The van der Waals surface area contributed by atoms with Gasteiger partial charge in [-0.2, -0.15) is 0 Å². The Morgan fingerprint density at radius 2 is 1.97 bits per heavy atom. The molecule has 1 aromatic heterocycles. The maximum absolute atomic E-state index is 13.6. The molecule has 1 aromatic carbocycles. The molecule has 1 unspecified atom stereocenters. The molecule has 1 amide bonds. The molecule has 1 aliphatic rings. The Balaban J connectivity index is 2.06. The standard InChI is InChI=1S/C25H33N3O4S/c1-7-27(8-2)12-13-28-21(18-10-9-11-19(14-18)32-15(3)4)20(23(30)25(28)31)22(29)24-16(5)26-17(6)33-24/h9-11,14-15,21,30H,7-8,12-13H2,1-6H3. The van der Waals surface area contributed by atoms with Gasteiger partial charge in [-0.05, 0) is 58.5 Å². The van der Waals surface area contributed by atoms with Crippen molar-refractivity contribution >= 4 is 23.0 Å². The predicted octanol–water partition coefficient (Wildman–Crippen LogP) is 4.47. The molecule has 0 fully saturated rings. The Kier molecular flexibility index (Phi) is 7.92. The van der Waals surface area contributed by atoms with E-state index in [1.807, 2.05) is 45.0 Å². The van der Waals surface area contributed by atoms with Gasteiger partial charge in [0.2, 0.25) is 5.78 Å². The first-order valence-corrected chi connectivity index (χ1v) is 12.2. The quantitative estimate of drug-likeness (QED) is 0.515. The fourth-order valence-corrected chi connectivity index (χ4v) is 5.02. The number of Topliss-reactive ketones (excluding diaryl/α,β-unsaturated/α-hetero) is 1. The third-order valence-corrected chi connectivity index (χ3v) is 6.83. The molecule has 8 heteroatoms. The first kappa shape index (κ1) is 24.9. The van der Waals surface area contributed by atoms with E-state index in [9.17, 15) is 14.7 Å². The zero-order valence-electron chi connectivity index (χ0n) is 20.2. The number of likely N-dealkylation sites (N-methyl/N-ethyl adjacent to an activating group) is 1. The number of ether oxygens (including phenoxy) is 1. The largest absolute Gasteiger partial charge is 0.503 e. The number of carbonyl (C=O) groups is 2. The molecule has 1 aliphatic heterocycles. The van der Waals surface area contributed by atoms with E-state index in [1.54, 1.807) is 11.8 Å². The van der Waals surface area contributed by atoms with Crippen molar-refractivity contribution in [2.75, 3.05) is 26.2 Å². The molecular weight excluding hydrogens is 438 g/mol. The van der Waals surface area contributed by atoms with Crippen molar-refractivity contribution in [1.82, 2.24) is 14.8 Å². The highest BCUT2D eigenvalue weighted by molar-refractivity contribution is 7.14. The van der Waals surface area contributed by atoms with E-state index in [0.29, 0.717) is 29.4 Å². The van der Waals surface area contributed by atoms with Gasteiger partial charge in [0.15, 0.2) is 5.76 Å². The first-order valence-electron chi connectivity index (χ1n) is 11.4. The Morgan fingerprint density at radius 1 is 1.27 bits per heavy atom. The number of aryl methyl sites for hydroxylation is 2. The second kappa shape index (κ2) is 10.5. The van der Waals surface area contributed by atoms with Crippen LogP contribution in [-0.2, 0) is 4.79 Å². The second-order valence-electron chi connectivity index (χ2n) is 8.41. The number of benzene rings is 1. The van der Waals surface area contributed by atoms with Crippen LogP contribution in [0, 0.1) is 13.8 Å². The zero-order chi connectivity index (χ0) is 24.3. The summed E-state index contributed by atoms with van der Waals surface area (Å²) in [6.45, 7) is 14.4. The van der Waals surface area contributed by atoms with Crippen LogP contribution in [-0.4, -0.2) is 63.9 Å². The van der Waals surface area contributed by atoms with Crippen LogP contribution in [0.1, 0.15) is 59.7 Å². The number of nitrogens with zero attached hydrogens (tertiary/aromatic N) is 3. The average molecular weight is 472 g/mol. The third kappa shape index (κ3) is 5.28. The minimum Gasteiger partial charge on any atom is -0.503 e. The SMILES string of the molecule is CCN(CC)CCN1C(=O)C(O)=C(C(=O)c2sc(C)nc2C)C1c1cccc(OC(C)C)c1. The maximum Gasteiger partial charge on any atom is 0.290 e. The molecular formula is C25H33N3O4S. The summed E-state index contributed by atoms with van der Waals surface area (Å²) in [6, 6.07) is 6.71. The summed E-state index contributed by atoms with van der Waals surface area (Å²) in [5.74, 6) is -0.703. The zero-order valence-corrected chi connectivity index (χ0v) is 21.0. The number of carbonyl (C=O) groups excluding carboxylic acids is 2. The normalized spacial score (nSPS) is 16.4. The molecule has 178 valence electrons. The summed E-state index contributed by atoms with van der Waals surface area (Å²) in [6.07, 6.45) is -0.0166. The molecule has 7 nitrogen and oxygen atoms in total. The highest BCUT2D eigenvalue weighted by Crippen LogP contribution is 2.40. The Morgan fingerprint density at radius 3 is 2.55 bits per heavy atom. The average Bonchev–Trinajstić information content (AvgIpc) is 3.24. The van der Waals surface area contributed by atoms with Gasteiger partial charge in [-0.15, -0.1) is 11.3 Å². The van der Waals surface area contributed by atoms with Crippen LogP contribution in [0.25, 0.3) is 0 Å². The van der Waals surface area contributed by atoms with Crippen LogP contribution < -0.4 is 4.74 Å². The minimum absolute atomic E-state index is 0.0166. The van der Waals surface area contributed by atoms with Crippen LogP contribution in [0.3, 0.4) is 0 Å². The molecule has 0 saturated heterocycles. The van der Waals surface area contributed by atoms with E-state index in [4.69, 9.17) is 4.74 Å². The van der Waals surface area contributed by atoms with E-state index in [0.717, 1.165) is 23.7 Å². The van der Waals surface area contributed by atoms with Crippen molar-refractivity contribution in [3.8, 4) is 5.75 Å². The van der Waals surface area contributed by atoms with Crippen LogP contribution in [0.15, 0.2) is 35.6 Å². The summed E-state index contributed by atoms with van der Waals surface area (Å²) in [4.78, 5) is 35.4. The lowest BCUT2D eigenvalue weighted by Crippen LogP contribution is -2.38. The smallest absolute Gasteiger partial charge is 0.290 e. The number of ketones is 1. The van der Waals surface area contributed by atoms with Crippen molar-refractivity contribution in [3.63, 3.8) is 0 Å². The molecule has 0 bridgehead atoms. The molecule has 2 aromatic rings. The van der Waals surface area contributed by atoms with E-state index >= 15 is 0 Å². The lowest BCUT2D eigenvalue weighted by Gasteiger charge is -2.29. The first-order chi connectivity index (χ1) is 15.7. The van der Waals surface area contributed by atoms with Gasteiger partial charge in [-0.25, -0.2) is 4.98 Å². The summed E-state index contributed by atoms with van der Waals surface area (Å²) in [7, 11) is 0. The lowest BCUT2D eigenvalue weighted by atomic mass is 9.95. The number of aliphatic hydroxyl groups is 1. The molecule has 3 rings (SSSR count). The van der Waals surface area contributed by atoms with E-state index in [2.05, 4.69) is 23.7 Å². The molecule has 33 heavy (non-hydrogen) atoms. The topological polar surface area (TPSA) is 83.0 Å². The van der Waals surface area contributed by atoms with Gasteiger partial charge < -0.3 is 19.6 Å². The molecule has 0 radical (unpaired) electrons. The molecule has 0 aliphatic carbocycles. The third-order valence-electron chi connectivity index (χ3n) is 5.76.